The molecule has 0 heterocycles. The molecule has 0 bridgehead atoms. The lowest BCUT2D eigenvalue weighted by atomic mass is 9.97. The van der Waals surface area contributed by atoms with Crippen molar-refractivity contribution in [1.29, 1.82) is 0 Å². The van der Waals surface area contributed by atoms with E-state index in [1.165, 1.54) is 25.3 Å². The molecule has 0 saturated heterocycles. The van der Waals surface area contributed by atoms with E-state index >= 15 is 0 Å². The van der Waals surface area contributed by atoms with Crippen molar-refractivity contribution in [1.82, 2.24) is 5.32 Å². The minimum absolute atomic E-state index is 0.316. The number of methoxy groups -OCH3 is 1. The van der Waals surface area contributed by atoms with E-state index in [1.54, 1.807) is 25.2 Å². The van der Waals surface area contributed by atoms with E-state index in [0.717, 1.165) is 10.0 Å². The average molecular weight is 356 g/mol. The molecule has 0 aliphatic rings. The van der Waals surface area contributed by atoms with Gasteiger partial charge in [0.2, 0.25) is 0 Å². The highest BCUT2D eigenvalue weighted by molar-refractivity contribution is 9.10. The van der Waals surface area contributed by atoms with Crippen LogP contribution in [-0.4, -0.2) is 14.2 Å². The van der Waals surface area contributed by atoms with E-state index in [1.807, 2.05) is 0 Å². The van der Waals surface area contributed by atoms with Gasteiger partial charge in [-0.15, -0.1) is 0 Å². The molecule has 21 heavy (non-hydrogen) atoms. The first-order chi connectivity index (χ1) is 10.1. The molecule has 1 N–H and O–H groups in total. The monoisotopic (exact) mass is 355 g/mol. The molecular weight excluding hydrogens is 340 g/mol. The number of likely N-dealkylation sites (N-methyl/N-ethyl adjacent to an activating group) is 1. The zero-order valence-electron chi connectivity index (χ0n) is 11.8. The molecule has 5 heteroatoms. The standard InChI is InChI=1S/C16H16BrF2NO/c1-20-14(9-10-8-11(18)6-7-12(10)17)16-13(19)4-3-5-15(16)21-2/h3-8,14,20H,9H2,1-2H3. The summed E-state index contributed by atoms with van der Waals surface area (Å²) in [4.78, 5) is 0. The lowest BCUT2D eigenvalue weighted by Gasteiger charge is -2.20. The van der Waals surface area contributed by atoms with Gasteiger partial charge >= 0.3 is 0 Å². The Balaban J connectivity index is 2.39. The summed E-state index contributed by atoms with van der Waals surface area (Å²) >= 11 is 3.40. The van der Waals surface area contributed by atoms with Gasteiger partial charge in [0.25, 0.3) is 0 Å². The molecule has 1 atom stereocenters. The maximum Gasteiger partial charge on any atom is 0.131 e. The molecule has 2 nitrogen and oxygen atoms in total. The molecule has 2 aromatic carbocycles. The molecule has 0 fully saturated rings. The molecule has 2 aromatic rings. The van der Waals surface area contributed by atoms with Crippen LogP contribution in [0.15, 0.2) is 40.9 Å². The largest absolute Gasteiger partial charge is 0.496 e. The number of rotatable bonds is 5. The Bertz CT molecular complexity index is 634. The van der Waals surface area contributed by atoms with Gasteiger partial charge in [-0.1, -0.05) is 22.0 Å². The Morgan fingerprint density at radius 1 is 1.24 bits per heavy atom. The maximum atomic E-state index is 14.2. The van der Waals surface area contributed by atoms with Crippen molar-refractivity contribution < 1.29 is 13.5 Å². The highest BCUT2D eigenvalue weighted by atomic mass is 79.9. The second kappa shape index (κ2) is 7.00. The molecule has 0 aliphatic carbocycles. The molecular formula is C16H16BrF2NO. The van der Waals surface area contributed by atoms with Crippen LogP contribution in [0, 0.1) is 11.6 Å². The molecule has 0 aliphatic heterocycles. The second-order valence-corrected chi connectivity index (χ2v) is 5.49. The first-order valence-electron chi connectivity index (χ1n) is 6.50. The number of hydrogen-bond acceptors (Lipinski definition) is 2. The highest BCUT2D eigenvalue weighted by Gasteiger charge is 2.20. The molecule has 0 aromatic heterocycles. The molecule has 0 saturated carbocycles. The van der Waals surface area contributed by atoms with Crippen molar-refractivity contribution in [3.63, 3.8) is 0 Å². The highest BCUT2D eigenvalue weighted by Crippen LogP contribution is 2.31. The van der Waals surface area contributed by atoms with Crippen molar-refractivity contribution in [2.45, 2.75) is 12.5 Å². The summed E-state index contributed by atoms with van der Waals surface area (Å²) in [6.45, 7) is 0. The van der Waals surface area contributed by atoms with Crippen LogP contribution in [0.2, 0.25) is 0 Å². The first kappa shape index (κ1) is 15.9. The molecule has 0 amide bonds. The SMILES string of the molecule is CNC(Cc1cc(F)ccc1Br)c1c(F)cccc1OC. The van der Waals surface area contributed by atoms with Gasteiger partial charge in [0.15, 0.2) is 0 Å². The van der Waals surface area contributed by atoms with Gasteiger partial charge in [-0.05, 0) is 49.4 Å². The summed E-state index contributed by atoms with van der Waals surface area (Å²) in [7, 11) is 3.24. The van der Waals surface area contributed by atoms with Gasteiger partial charge in [-0.3, -0.25) is 0 Å². The summed E-state index contributed by atoms with van der Waals surface area (Å²) in [5.74, 6) is -0.188. The summed E-state index contributed by atoms with van der Waals surface area (Å²) in [6, 6.07) is 8.86. The topological polar surface area (TPSA) is 21.3 Å². The molecule has 0 radical (unpaired) electrons. The Morgan fingerprint density at radius 2 is 2.00 bits per heavy atom. The number of benzene rings is 2. The van der Waals surface area contributed by atoms with Crippen LogP contribution in [0.1, 0.15) is 17.2 Å². The fraction of sp³-hybridized carbons (Fsp3) is 0.250. The van der Waals surface area contributed by atoms with Crippen LogP contribution in [-0.2, 0) is 6.42 Å². The van der Waals surface area contributed by atoms with Gasteiger partial charge in [0.1, 0.15) is 17.4 Å². The molecule has 1 unspecified atom stereocenters. The number of halogens is 3. The van der Waals surface area contributed by atoms with Crippen LogP contribution < -0.4 is 10.1 Å². The average Bonchev–Trinajstić information content (AvgIpc) is 2.48. The third-order valence-corrected chi connectivity index (χ3v) is 4.14. The number of nitrogens with one attached hydrogen (secondary N) is 1. The van der Waals surface area contributed by atoms with Gasteiger partial charge in [0.05, 0.1) is 7.11 Å². The number of ether oxygens (including phenoxy) is 1. The lowest BCUT2D eigenvalue weighted by Crippen LogP contribution is -2.21. The maximum absolute atomic E-state index is 14.2. The van der Waals surface area contributed by atoms with E-state index in [-0.39, 0.29) is 17.7 Å². The van der Waals surface area contributed by atoms with E-state index < -0.39 is 0 Å². The summed E-state index contributed by atoms with van der Waals surface area (Å²) in [6.07, 6.45) is 0.437. The van der Waals surface area contributed by atoms with Crippen LogP contribution in [0.5, 0.6) is 5.75 Å². The van der Waals surface area contributed by atoms with E-state index in [9.17, 15) is 8.78 Å². The minimum atomic E-state index is -0.346. The van der Waals surface area contributed by atoms with Gasteiger partial charge in [-0.25, -0.2) is 8.78 Å². The van der Waals surface area contributed by atoms with Crippen LogP contribution in [0.3, 0.4) is 0 Å². The molecule has 112 valence electrons. The second-order valence-electron chi connectivity index (χ2n) is 4.64. The Morgan fingerprint density at radius 3 is 2.67 bits per heavy atom. The summed E-state index contributed by atoms with van der Waals surface area (Å²) in [5.41, 5.74) is 1.21. The Hall–Kier alpha value is -1.46. The quantitative estimate of drug-likeness (QED) is 0.865. The molecule has 2 rings (SSSR count). The van der Waals surface area contributed by atoms with Gasteiger partial charge < -0.3 is 10.1 Å². The third-order valence-electron chi connectivity index (χ3n) is 3.36. The minimum Gasteiger partial charge on any atom is -0.496 e. The van der Waals surface area contributed by atoms with Gasteiger partial charge in [0, 0.05) is 16.1 Å². The summed E-state index contributed by atoms with van der Waals surface area (Å²) < 4.78 is 33.6. The third kappa shape index (κ3) is 3.60. The fourth-order valence-corrected chi connectivity index (χ4v) is 2.71. The smallest absolute Gasteiger partial charge is 0.131 e. The number of hydrogen-bond donors (Lipinski definition) is 1. The van der Waals surface area contributed by atoms with E-state index in [0.29, 0.717) is 17.7 Å². The predicted octanol–water partition coefficient (Wildman–Crippen LogP) is 4.24. The summed E-state index contributed by atoms with van der Waals surface area (Å²) in [5, 5.41) is 3.07. The fourth-order valence-electron chi connectivity index (χ4n) is 2.30. The van der Waals surface area contributed by atoms with Gasteiger partial charge in [-0.2, -0.15) is 0 Å². The zero-order valence-corrected chi connectivity index (χ0v) is 13.4. The van der Waals surface area contributed by atoms with Crippen LogP contribution in [0.4, 0.5) is 8.78 Å². The normalized spacial score (nSPS) is 12.2. The van der Waals surface area contributed by atoms with Crippen LogP contribution in [0.25, 0.3) is 0 Å². The van der Waals surface area contributed by atoms with Crippen LogP contribution >= 0.6 is 15.9 Å². The van der Waals surface area contributed by atoms with Crippen molar-refractivity contribution in [3.8, 4) is 5.75 Å². The molecule has 0 spiro atoms. The van der Waals surface area contributed by atoms with Crippen molar-refractivity contribution in [2.24, 2.45) is 0 Å². The van der Waals surface area contributed by atoms with Crippen molar-refractivity contribution in [3.05, 3.63) is 63.6 Å². The van der Waals surface area contributed by atoms with E-state index in [4.69, 9.17) is 4.74 Å². The zero-order chi connectivity index (χ0) is 15.4. The van der Waals surface area contributed by atoms with E-state index in [2.05, 4.69) is 21.2 Å². The Labute approximate surface area is 131 Å². The van der Waals surface area contributed by atoms with Crippen molar-refractivity contribution >= 4 is 15.9 Å². The predicted molar refractivity (Wildman–Crippen MR) is 82.6 cm³/mol. The van der Waals surface area contributed by atoms with Crippen molar-refractivity contribution in [2.75, 3.05) is 14.2 Å². The lowest BCUT2D eigenvalue weighted by molar-refractivity contribution is 0.393. The first-order valence-corrected chi connectivity index (χ1v) is 7.29. The Kier molecular flexibility index (Phi) is 5.31.